The first kappa shape index (κ1) is 10.6. The lowest BCUT2D eigenvalue weighted by Crippen LogP contribution is -2.40. The van der Waals surface area contributed by atoms with Crippen LogP contribution in [0.4, 0.5) is 0 Å². The van der Waals surface area contributed by atoms with Gasteiger partial charge in [-0.2, -0.15) is 0 Å². The average Bonchev–Trinajstić information content (AvgIpc) is 2.28. The molecule has 1 aromatic rings. The van der Waals surface area contributed by atoms with Crippen molar-refractivity contribution >= 4 is 11.7 Å². The van der Waals surface area contributed by atoms with E-state index in [2.05, 4.69) is 4.98 Å². The van der Waals surface area contributed by atoms with Crippen molar-refractivity contribution in [3.63, 3.8) is 0 Å². The second-order valence-corrected chi connectivity index (χ2v) is 3.80. The van der Waals surface area contributed by atoms with Crippen molar-refractivity contribution < 1.29 is 9.59 Å². The number of aromatic nitrogens is 1. The summed E-state index contributed by atoms with van der Waals surface area (Å²) >= 11 is 0. The zero-order chi connectivity index (χ0) is 11.5. The molecule has 0 atom stereocenters. The molecule has 1 amide bonds. The summed E-state index contributed by atoms with van der Waals surface area (Å²) in [7, 11) is 0. The van der Waals surface area contributed by atoms with Crippen molar-refractivity contribution in [1.82, 2.24) is 9.88 Å². The molecule has 1 aliphatic rings. The monoisotopic (exact) mass is 220 g/mol. The van der Waals surface area contributed by atoms with Crippen LogP contribution in [-0.4, -0.2) is 34.7 Å². The minimum absolute atomic E-state index is 0.0675. The molecule has 0 spiro atoms. The van der Waals surface area contributed by atoms with Gasteiger partial charge in [0.25, 0.3) is 5.91 Å². The van der Waals surface area contributed by atoms with E-state index in [1.807, 2.05) is 0 Å². The Bertz CT molecular complexity index is 478. The van der Waals surface area contributed by atoms with Crippen molar-refractivity contribution in [3.8, 4) is 0 Å². The molecule has 0 aliphatic carbocycles. The van der Waals surface area contributed by atoms with E-state index < -0.39 is 0 Å². The van der Waals surface area contributed by atoms with Crippen molar-refractivity contribution in [2.45, 2.75) is 12.8 Å². The summed E-state index contributed by atoms with van der Waals surface area (Å²) in [5.41, 5.74) is -0.0728. The molecule has 84 valence electrons. The van der Waals surface area contributed by atoms with Gasteiger partial charge in [0.2, 0.25) is 5.56 Å². The van der Waals surface area contributed by atoms with Gasteiger partial charge in [0, 0.05) is 19.0 Å². The molecule has 2 heterocycles. The number of pyridine rings is 1. The second-order valence-electron chi connectivity index (χ2n) is 3.80. The predicted octanol–water partition coefficient (Wildman–Crippen LogP) is 0.180. The van der Waals surface area contributed by atoms with Gasteiger partial charge in [0.15, 0.2) is 5.78 Å². The first-order chi connectivity index (χ1) is 7.66. The van der Waals surface area contributed by atoms with Gasteiger partial charge in [-0.15, -0.1) is 0 Å². The smallest absolute Gasteiger partial charge is 0.270 e. The third kappa shape index (κ3) is 2.18. The van der Waals surface area contributed by atoms with Crippen LogP contribution in [0.25, 0.3) is 0 Å². The maximum absolute atomic E-state index is 11.9. The van der Waals surface area contributed by atoms with Gasteiger partial charge in [-0.3, -0.25) is 14.4 Å². The summed E-state index contributed by atoms with van der Waals surface area (Å²) in [6, 6.07) is 4.42. The zero-order valence-electron chi connectivity index (χ0n) is 8.73. The third-order valence-electron chi connectivity index (χ3n) is 2.54. The molecule has 1 N–H and O–H groups in total. The lowest BCUT2D eigenvalue weighted by molar-refractivity contribution is -0.121. The highest BCUT2D eigenvalue weighted by Crippen LogP contribution is 2.08. The Hall–Kier alpha value is -1.91. The minimum atomic E-state index is -0.311. The molecule has 0 aromatic carbocycles. The van der Waals surface area contributed by atoms with E-state index in [1.54, 1.807) is 6.07 Å². The quantitative estimate of drug-likeness (QED) is 0.734. The fourth-order valence-electron chi connectivity index (χ4n) is 1.75. The van der Waals surface area contributed by atoms with E-state index in [9.17, 15) is 14.4 Å². The van der Waals surface area contributed by atoms with Gasteiger partial charge >= 0.3 is 0 Å². The summed E-state index contributed by atoms with van der Waals surface area (Å²) in [6.45, 7) is 0.720. The highest BCUT2D eigenvalue weighted by atomic mass is 16.2. The topological polar surface area (TPSA) is 70.2 Å². The number of hydrogen-bond donors (Lipinski definition) is 1. The maximum atomic E-state index is 11.9. The largest absolute Gasteiger partial charge is 0.330 e. The molecule has 1 aliphatic heterocycles. The molecule has 1 fully saturated rings. The highest BCUT2D eigenvalue weighted by Gasteiger charge is 2.22. The standard InChI is InChI=1S/C11H12N2O3/c14-8-3-2-6-13(7-8)11(16)9-4-1-5-10(15)12-9/h1,4-5H,2-3,6-7H2,(H,12,15). The molecule has 0 saturated carbocycles. The Morgan fingerprint density at radius 1 is 1.31 bits per heavy atom. The molecule has 2 rings (SSSR count). The molecule has 1 aromatic heterocycles. The third-order valence-corrected chi connectivity index (χ3v) is 2.54. The molecule has 5 nitrogen and oxygen atoms in total. The summed E-state index contributed by atoms with van der Waals surface area (Å²) in [6.07, 6.45) is 1.23. The van der Waals surface area contributed by atoms with Gasteiger partial charge in [-0.1, -0.05) is 6.07 Å². The highest BCUT2D eigenvalue weighted by molar-refractivity contribution is 5.95. The number of carbonyl (C=O) groups is 2. The number of carbonyl (C=O) groups excluding carboxylic acids is 2. The van der Waals surface area contributed by atoms with Crippen molar-refractivity contribution in [2.75, 3.05) is 13.1 Å². The normalized spacial score (nSPS) is 16.2. The van der Waals surface area contributed by atoms with Gasteiger partial charge in [0.1, 0.15) is 5.69 Å². The summed E-state index contributed by atoms with van der Waals surface area (Å²) in [5.74, 6) is -0.219. The van der Waals surface area contributed by atoms with E-state index in [0.717, 1.165) is 0 Å². The Kier molecular flexibility index (Phi) is 2.85. The van der Waals surface area contributed by atoms with Crippen LogP contribution in [-0.2, 0) is 4.79 Å². The predicted molar refractivity (Wildman–Crippen MR) is 57.2 cm³/mol. The van der Waals surface area contributed by atoms with Crippen LogP contribution in [0.3, 0.4) is 0 Å². The second kappa shape index (κ2) is 4.30. The Morgan fingerprint density at radius 3 is 2.81 bits per heavy atom. The number of H-pyrrole nitrogens is 1. The molecule has 1 saturated heterocycles. The number of piperidine rings is 1. The van der Waals surface area contributed by atoms with E-state index in [1.165, 1.54) is 17.0 Å². The Morgan fingerprint density at radius 2 is 2.12 bits per heavy atom. The first-order valence-electron chi connectivity index (χ1n) is 5.17. The Labute approximate surface area is 92.1 Å². The molecular formula is C11H12N2O3. The number of amides is 1. The molecule has 5 heteroatoms. The number of nitrogens with zero attached hydrogens (tertiary/aromatic N) is 1. The van der Waals surface area contributed by atoms with Gasteiger partial charge in [-0.05, 0) is 12.5 Å². The zero-order valence-corrected chi connectivity index (χ0v) is 8.73. The minimum Gasteiger partial charge on any atom is -0.330 e. The van der Waals surface area contributed by atoms with E-state index >= 15 is 0 Å². The van der Waals surface area contributed by atoms with Crippen molar-refractivity contribution in [2.24, 2.45) is 0 Å². The van der Waals surface area contributed by atoms with Crippen LogP contribution in [0.5, 0.6) is 0 Å². The van der Waals surface area contributed by atoms with Gasteiger partial charge in [-0.25, -0.2) is 0 Å². The van der Waals surface area contributed by atoms with Crippen LogP contribution >= 0.6 is 0 Å². The van der Waals surface area contributed by atoms with Crippen molar-refractivity contribution in [3.05, 3.63) is 34.2 Å². The fourth-order valence-corrected chi connectivity index (χ4v) is 1.75. The molecular weight excluding hydrogens is 208 g/mol. The summed E-state index contributed by atoms with van der Waals surface area (Å²) < 4.78 is 0. The number of ketones is 1. The molecule has 16 heavy (non-hydrogen) atoms. The summed E-state index contributed by atoms with van der Waals surface area (Å²) in [4.78, 5) is 38.1. The number of aromatic amines is 1. The fraction of sp³-hybridized carbons (Fsp3) is 0.364. The van der Waals surface area contributed by atoms with Gasteiger partial charge in [0.05, 0.1) is 6.54 Å². The summed E-state index contributed by atoms with van der Waals surface area (Å²) in [5, 5.41) is 0. The number of hydrogen-bond acceptors (Lipinski definition) is 3. The van der Waals surface area contributed by atoms with Crippen LogP contribution in [0.1, 0.15) is 23.3 Å². The van der Waals surface area contributed by atoms with Crippen LogP contribution in [0.15, 0.2) is 23.0 Å². The van der Waals surface area contributed by atoms with E-state index in [0.29, 0.717) is 19.4 Å². The van der Waals surface area contributed by atoms with Crippen LogP contribution < -0.4 is 5.56 Å². The van der Waals surface area contributed by atoms with E-state index in [4.69, 9.17) is 0 Å². The number of likely N-dealkylation sites (tertiary alicyclic amines) is 1. The van der Waals surface area contributed by atoms with Crippen molar-refractivity contribution in [1.29, 1.82) is 0 Å². The lowest BCUT2D eigenvalue weighted by atomic mass is 10.1. The number of rotatable bonds is 1. The maximum Gasteiger partial charge on any atom is 0.270 e. The van der Waals surface area contributed by atoms with E-state index in [-0.39, 0.29) is 29.5 Å². The SMILES string of the molecule is O=C1CCCN(C(=O)c2cccc(=O)[nH]2)C1. The number of Topliss-reactive ketones (excluding diaryl/α,β-unsaturated/α-hetero) is 1. The molecule has 0 unspecified atom stereocenters. The lowest BCUT2D eigenvalue weighted by Gasteiger charge is -2.25. The first-order valence-corrected chi connectivity index (χ1v) is 5.17. The molecule has 0 bridgehead atoms. The molecule has 0 radical (unpaired) electrons. The number of nitrogens with one attached hydrogen (secondary N) is 1. The van der Waals surface area contributed by atoms with Gasteiger partial charge < -0.3 is 9.88 Å². The van der Waals surface area contributed by atoms with Crippen LogP contribution in [0, 0.1) is 0 Å². The average molecular weight is 220 g/mol. The Balaban J connectivity index is 2.18. The van der Waals surface area contributed by atoms with Crippen LogP contribution in [0.2, 0.25) is 0 Å².